The first-order valence-corrected chi connectivity index (χ1v) is 6.66. The second kappa shape index (κ2) is 4.86. The van der Waals surface area contributed by atoms with Crippen LogP contribution in [-0.4, -0.2) is 5.54 Å². The molecule has 0 bridgehead atoms. The van der Waals surface area contributed by atoms with Gasteiger partial charge in [-0.05, 0) is 43.4 Å². The molecule has 1 rings (SSSR count). The number of hydrogen-bond acceptors (Lipinski definition) is 1. The Hall–Kier alpha value is -0.0400. The molecule has 0 aliphatic heterocycles. The van der Waals surface area contributed by atoms with Gasteiger partial charge in [-0.3, -0.25) is 0 Å². The fourth-order valence-electron chi connectivity index (χ4n) is 2.92. The molecule has 1 nitrogen and oxygen atoms in total. The molecule has 1 unspecified atom stereocenters. The summed E-state index contributed by atoms with van der Waals surface area (Å²) in [6.07, 6.45) is 8.94. The normalized spacial score (nSPS) is 26.2. The van der Waals surface area contributed by atoms with Gasteiger partial charge >= 0.3 is 0 Å². The molecule has 1 aliphatic rings. The maximum atomic E-state index is 6.51. The molecule has 0 amide bonds. The first kappa shape index (κ1) is 13.0. The zero-order valence-electron chi connectivity index (χ0n) is 11.1. The fraction of sp³-hybridized carbons (Fsp3) is 1.00. The minimum absolute atomic E-state index is 0.157. The summed E-state index contributed by atoms with van der Waals surface area (Å²) in [4.78, 5) is 0. The summed E-state index contributed by atoms with van der Waals surface area (Å²) < 4.78 is 0. The minimum Gasteiger partial charge on any atom is -0.325 e. The van der Waals surface area contributed by atoms with E-state index < -0.39 is 0 Å². The molecule has 0 aromatic rings. The average molecular weight is 211 g/mol. The number of nitrogens with two attached hydrogens (primary N) is 1. The third kappa shape index (κ3) is 4.14. The molecule has 1 aliphatic carbocycles. The van der Waals surface area contributed by atoms with Crippen LogP contribution in [0, 0.1) is 11.3 Å². The molecule has 0 spiro atoms. The van der Waals surface area contributed by atoms with Gasteiger partial charge in [0.25, 0.3) is 0 Å². The first-order valence-electron chi connectivity index (χ1n) is 6.66. The smallest absolute Gasteiger partial charge is 0.0157 e. The molecule has 2 N–H and O–H groups in total. The van der Waals surface area contributed by atoms with Crippen molar-refractivity contribution in [2.24, 2.45) is 17.1 Å². The number of rotatable bonds is 4. The highest BCUT2D eigenvalue weighted by atomic mass is 14.7. The average Bonchev–Trinajstić information content (AvgIpc) is 2.12. The van der Waals surface area contributed by atoms with Crippen molar-refractivity contribution in [2.75, 3.05) is 0 Å². The third-order valence-corrected chi connectivity index (χ3v) is 4.14. The second-order valence-electron chi connectivity index (χ2n) is 6.62. The maximum Gasteiger partial charge on any atom is 0.0157 e. The van der Waals surface area contributed by atoms with E-state index >= 15 is 0 Å². The Kier molecular flexibility index (Phi) is 4.22. The van der Waals surface area contributed by atoms with E-state index in [1.165, 1.54) is 44.9 Å². The standard InChI is InChI=1S/C14H29N/c1-5-6-12(2)11-14(15)9-7-13(3,4)8-10-14/h12H,5-11,15H2,1-4H3. The molecule has 0 aromatic carbocycles. The third-order valence-electron chi connectivity index (χ3n) is 4.14. The summed E-state index contributed by atoms with van der Waals surface area (Å²) in [6, 6.07) is 0. The topological polar surface area (TPSA) is 26.0 Å². The van der Waals surface area contributed by atoms with Crippen molar-refractivity contribution in [2.45, 2.75) is 78.2 Å². The molecule has 1 fully saturated rings. The lowest BCUT2D eigenvalue weighted by Crippen LogP contribution is -2.46. The maximum absolute atomic E-state index is 6.51. The molecule has 0 saturated heterocycles. The number of hydrogen-bond donors (Lipinski definition) is 1. The summed E-state index contributed by atoms with van der Waals surface area (Å²) >= 11 is 0. The molecule has 1 saturated carbocycles. The highest BCUT2D eigenvalue weighted by molar-refractivity contribution is 4.93. The van der Waals surface area contributed by atoms with Crippen molar-refractivity contribution in [1.82, 2.24) is 0 Å². The molecule has 1 atom stereocenters. The van der Waals surface area contributed by atoms with Gasteiger partial charge in [0.05, 0.1) is 0 Å². The van der Waals surface area contributed by atoms with E-state index in [9.17, 15) is 0 Å². The van der Waals surface area contributed by atoms with Crippen LogP contribution in [0.25, 0.3) is 0 Å². The highest BCUT2D eigenvalue weighted by Crippen LogP contribution is 2.41. The van der Waals surface area contributed by atoms with Gasteiger partial charge in [-0.25, -0.2) is 0 Å². The Balaban J connectivity index is 2.41. The lowest BCUT2D eigenvalue weighted by molar-refractivity contribution is 0.143. The van der Waals surface area contributed by atoms with E-state index in [1.54, 1.807) is 0 Å². The van der Waals surface area contributed by atoms with Crippen LogP contribution in [0.5, 0.6) is 0 Å². The Morgan fingerprint density at radius 2 is 1.67 bits per heavy atom. The molecule has 0 heterocycles. The monoisotopic (exact) mass is 211 g/mol. The Bertz CT molecular complexity index is 186. The summed E-state index contributed by atoms with van der Waals surface area (Å²) in [6.45, 7) is 9.38. The fourth-order valence-corrected chi connectivity index (χ4v) is 2.92. The van der Waals surface area contributed by atoms with Crippen molar-refractivity contribution in [3.05, 3.63) is 0 Å². The lowest BCUT2D eigenvalue weighted by atomic mass is 9.67. The molecule has 15 heavy (non-hydrogen) atoms. The SMILES string of the molecule is CCCC(C)CC1(N)CCC(C)(C)CC1. The minimum atomic E-state index is 0.157. The largest absolute Gasteiger partial charge is 0.325 e. The van der Waals surface area contributed by atoms with Gasteiger partial charge in [0.15, 0.2) is 0 Å². The van der Waals surface area contributed by atoms with Gasteiger partial charge in [0.2, 0.25) is 0 Å². The van der Waals surface area contributed by atoms with Crippen LogP contribution >= 0.6 is 0 Å². The summed E-state index contributed by atoms with van der Waals surface area (Å²) in [5, 5.41) is 0. The van der Waals surface area contributed by atoms with E-state index in [-0.39, 0.29) is 5.54 Å². The predicted octanol–water partition coefficient (Wildman–Crippen LogP) is 4.11. The zero-order chi connectivity index (χ0) is 11.5. The molecule has 0 aromatic heterocycles. The van der Waals surface area contributed by atoms with Crippen molar-refractivity contribution in [3.8, 4) is 0 Å². The zero-order valence-corrected chi connectivity index (χ0v) is 11.1. The van der Waals surface area contributed by atoms with Crippen LogP contribution in [0.1, 0.15) is 72.6 Å². The molecule has 1 heteroatoms. The van der Waals surface area contributed by atoms with E-state index in [0.29, 0.717) is 5.41 Å². The van der Waals surface area contributed by atoms with Crippen molar-refractivity contribution < 1.29 is 0 Å². The second-order valence-corrected chi connectivity index (χ2v) is 6.62. The lowest BCUT2D eigenvalue weighted by Gasteiger charge is -2.42. The summed E-state index contributed by atoms with van der Waals surface area (Å²) in [5.74, 6) is 0.807. The highest BCUT2D eigenvalue weighted by Gasteiger charge is 2.35. The van der Waals surface area contributed by atoms with E-state index in [4.69, 9.17) is 5.73 Å². The predicted molar refractivity (Wildman–Crippen MR) is 67.9 cm³/mol. The van der Waals surface area contributed by atoms with Gasteiger partial charge in [0.1, 0.15) is 0 Å². The summed E-state index contributed by atoms with van der Waals surface area (Å²) in [7, 11) is 0. The van der Waals surface area contributed by atoms with Crippen LogP contribution in [0.2, 0.25) is 0 Å². The van der Waals surface area contributed by atoms with Gasteiger partial charge < -0.3 is 5.73 Å². The van der Waals surface area contributed by atoms with Crippen molar-refractivity contribution in [3.63, 3.8) is 0 Å². The van der Waals surface area contributed by atoms with E-state index in [0.717, 1.165) is 5.92 Å². The van der Waals surface area contributed by atoms with Crippen LogP contribution in [0.4, 0.5) is 0 Å². The Morgan fingerprint density at radius 1 is 1.13 bits per heavy atom. The molecule has 0 radical (unpaired) electrons. The van der Waals surface area contributed by atoms with Gasteiger partial charge in [-0.15, -0.1) is 0 Å². The van der Waals surface area contributed by atoms with Gasteiger partial charge in [0, 0.05) is 5.54 Å². The van der Waals surface area contributed by atoms with Crippen molar-refractivity contribution in [1.29, 1.82) is 0 Å². The Labute approximate surface area is 95.8 Å². The van der Waals surface area contributed by atoms with Crippen molar-refractivity contribution >= 4 is 0 Å². The van der Waals surface area contributed by atoms with Gasteiger partial charge in [-0.1, -0.05) is 40.5 Å². The van der Waals surface area contributed by atoms with Crippen LogP contribution in [0.15, 0.2) is 0 Å². The van der Waals surface area contributed by atoms with Gasteiger partial charge in [-0.2, -0.15) is 0 Å². The quantitative estimate of drug-likeness (QED) is 0.744. The summed E-state index contributed by atoms with van der Waals surface area (Å²) in [5.41, 5.74) is 7.21. The van der Waals surface area contributed by atoms with Crippen LogP contribution < -0.4 is 5.73 Å². The Morgan fingerprint density at radius 3 is 2.13 bits per heavy atom. The van der Waals surface area contributed by atoms with E-state index in [1.807, 2.05) is 0 Å². The molecular formula is C14H29N. The molecular weight excluding hydrogens is 182 g/mol. The van der Waals surface area contributed by atoms with Crippen LogP contribution in [0.3, 0.4) is 0 Å². The first-order chi connectivity index (χ1) is 6.87. The van der Waals surface area contributed by atoms with E-state index in [2.05, 4.69) is 27.7 Å². The van der Waals surface area contributed by atoms with Crippen LogP contribution in [-0.2, 0) is 0 Å². The molecule has 90 valence electrons.